The van der Waals surface area contributed by atoms with Gasteiger partial charge in [0.25, 0.3) is 5.91 Å². The van der Waals surface area contributed by atoms with Crippen LogP contribution >= 0.6 is 11.3 Å². The summed E-state index contributed by atoms with van der Waals surface area (Å²) in [6, 6.07) is 7.83. The van der Waals surface area contributed by atoms with Crippen LogP contribution in [-0.2, 0) is 5.54 Å². The highest BCUT2D eigenvalue weighted by Gasteiger charge is 2.46. The van der Waals surface area contributed by atoms with E-state index in [1.807, 2.05) is 38.1 Å². The monoisotopic (exact) mass is 368 g/mol. The summed E-state index contributed by atoms with van der Waals surface area (Å²) in [5.74, 6) is 0.643. The molecule has 1 amide bonds. The van der Waals surface area contributed by atoms with E-state index in [4.69, 9.17) is 10.5 Å². The summed E-state index contributed by atoms with van der Waals surface area (Å²) in [5.41, 5.74) is 9.34. The molecule has 26 heavy (non-hydrogen) atoms. The number of rotatable bonds is 4. The largest absolute Gasteiger partial charge is 0.497 e. The normalized spacial score (nSPS) is 15.0. The number of anilines is 1. The van der Waals surface area contributed by atoms with Crippen molar-refractivity contribution in [2.45, 2.75) is 32.2 Å². The molecule has 6 nitrogen and oxygen atoms in total. The maximum atomic E-state index is 12.9. The van der Waals surface area contributed by atoms with Crippen molar-refractivity contribution in [2.24, 2.45) is 0 Å². The van der Waals surface area contributed by atoms with Crippen LogP contribution in [0.1, 0.15) is 39.3 Å². The van der Waals surface area contributed by atoms with Gasteiger partial charge < -0.3 is 15.8 Å². The number of methoxy groups -OCH3 is 1. The Balaban J connectivity index is 1.65. The predicted molar refractivity (Wildman–Crippen MR) is 103 cm³/mol. The van der Waals surface area contributed by atoms with E-state index in [9.17, 15) is 4.79 Å². The van der Waals surface area contributed by atoms with Gasteiger partial charge in [0.2, 0.25) is 0 Å². The van der Waals surface area contributed by atoms with Crippen molar-refractivity contribution >= 4 is 33.1 Å². The average molecular weight is 368 g/mol. The summed E-state index contributed by atoms with van der Waals surface area (Å²) in [4.78, 5) is 14.1. The number of carbonyl (C=O) groups is 1. The lowest BCUT2D eigenvalue weighted by molar-refractivity contribution is 0.0936. The van der Waals surface area contributed by atoms with Gasteiger partial charge in [-0.3, -0.25) is 4.79 Å². The maximum absolute atomic E-state index is 12.9. The highest BCUT2D eigenvalue weighted by Crippen LogP contribution is 2.46. The van der Waals surface area contributed by atoms with Crippen LogP contribution in [0.5, 0.6) is 5.75 Å². The van der Waals surface area contributed by atoms with E-state index < -0.39 is 0 Å². The molecule has 1 fully saturated rings. The summed E-state index contributed by atoms with van der Waals surface area (Å²) in [7, 11) is 1.64. The summed E-state index contributed by atoms with van der Waals surface area (Å²) in [5, 5.41) is 12.3. The fourth-order valence-electron chi connectivity index (χ4n) is 3.20. The van der Waals surface area contributed by atoms with Crippen molar-refractivity contribution in [3.63, 3.8) is 0 Å². The number of aryl methyl sites for hydroxylation is 2. The molecule has 134 valence electrons. The zero-order chi connectivity index (χ0) is 18.5. The van der Waals surface area contributed by atoms with Gasteiger partial charge >= 0.3 is 0 Å². The van der Waals surface area contributed by atoms with Crippen LogP contribution in [0, 0.1) is 13.8 Å². The number of hydrogen-bond donors (Lipinski definition) is 2. The maximum Gasteiger partial charge on any atom is 0.264 e. The van der Waals surface area contributed by atoms with Gasteiger partial charge in [-0.2, -0.15) is 5.10 Å². The lowest BCUT2D eigenvalue weighted by atomic mass is 10.0. The molecule has 1 aliphatic rings. The fourth-order valence-corrected chi connectivity index (χ4v) is 4.20. The van der Waals surface area contributed by atoms with Gasteiger partial charge in [0.05, 0.1) is 24.0 Å². The van der Waals surface area contributed by atoms with Crippen LogP contribution in [0.2, 0.25) is 0 Å². The van der Waals surface area contributed by atoms with E-state index in [-0.39, 0.29) is 11.4 Å². The molecule has 0 atom stereocenters. The third kappa shape index (κ3) is 2.59. The van der Waals surface area contributed by atoms with Crippen molar-refractivity contribution in [1.82, 2.24) is 15.5 Å². The van der Waals surface area contributed by atoms with Crippen LogP contribution < -0.4 is 15.8 Å². The summed E-state index contributed by atoms with van der Waals surface area (Å²) < 4.78 is 5.21. The second-order valence-corrected chi connectivity index (χ2v) is 7.70. The Morgan fingerprint density at radius 2 is 1.92 bits per heavy atom. The Bertz CT molecular complexity index is 1010. The second-order valence-electron chi connectivity index (χ2n) is 6.70. The minimum absolute atomic E-state index is 0.157. The quantitative estimate of drug-likeness (QED) is 0.737. The number of hydrogen-bond acceptors (Lipinski definition) is 6. The third-order valence-corrected chi connectivity index (χ3v) is 6.18. The molecule has 3 N–H and O–H groups in total. The standard InChI is InChI=1S/C19H20N4O2S/c1-10-11(2)22-23-18-14(10)15(20)16(26-18)17(24)21-19(8-9-19)12-4-6-13(25-3)7-5-12/h4-7H,8-9,20H2,1-3H3,(H,21,24). The predicted octanol–water partition coefficient (Wildman–Crippen LogP) is 3.32. The van der Waals surface area contributed by atoms with Crippen LogP contribution in [0.15, 0.2) is 24.3 Å². The molecule has 3 aromatic rings. The van der Waals surface area contributed by atoms with Gasteiger partial charge in [-0.15, -0.1) is 16.4 Å². The molecule has 2 heterocycles. The molecule has 1 aliphatic carbocycles. The number of fused-ring (bicyclic) bond motifs is 1. The van der Waals surface area contributed by atoms with E-state index in [1.165, 1.54) is 11.3 Å². The number of ether oxygens (including phenoxy) is 1. The minimum Gasteiger partial charge on any atom is -0.497 e. The topological polar surface area (TPSA) is 90.1 Å². The number of nitrogens with one attached hydrogen (secondary N) is 1. The van der Waals surface area contributed by atoms with Gasteiger partial charge in [0, 0.05) is 5.39 Å². The molecule has 1 saturated carbocycles. The number of amides is 1. The van der Waals surface area contributed by atoms with Crippen molar-refractivity contribution < 1.29 is 9.53 Å². The lowest BCUT2D eigenvalue weighted by Crippen LogP contribution is -2.34. The Kier molecular flexibility index (Phi) is 3.84. The number of nitrogens with two attached hydrogens (primary N) is 1. The van der Waals surface area contributed by atoms with Crippen LogP contribution in [0.25, 0.3) is 10.2 Å². The first kappa shape index (κ1) is 16.8. The summed E-state index contributed by atoms with van der Waals surface area (Å²) in [6.45, 7) is 3.85. The average Bonchev–Trinajstić information content (AvgIpc) is 3.34. The molecule has 7 heteroatoms. The molecule has 4 rings (SSSR count). The van der Waals surface area contributed by atoms with Crippen LogP contribution in [-0.4, -0.2) is 23.2 Å². The first-order chi connectivity index (χ1) is 12.4. The number of aromatic nitrogens is 2. The molecule has 0 radical (unpaired) electrons. The number of nitrogens with zero attached hydrogens (tertiary/aromatic N) is 2. The lowest BCUT2D eigenvalue weighted by Gasteiger charge is -2.18. The Morgan fingerprint density at radius 1 is 1.23 bits per heavy atom. The first-order valence-electron chi connectivity index (χ1n) is 8.44. The van der Waals surface area contributed by atoms with E-state index >= 15 is 0 Å². The van der Waals surface area contributed by atoms with E-state index in [0.29, 0.717) is 15.4 Å². The minimum atomic E-state index is -0.317. The fraction of sp³-hybridized carbons (Fsp3) is 0.316. The van der Waals surface area contributed by atoms with E-state index in [0.717, 1.165) is 40.8 Å². The van der Waals surface area contributed by atoms with Crippen LogP contribution in [0.4, 0.5) is 5.69 Å². The number of benzene rings is 1. The van der Waals surface area contributed by atoms with Crippen LogP contribution in [0.3, 0.4) is 0 Å². The highest BCUT2D eigenvalue weighted by atomic mass is 32.1. The first-order valence-corrected chi connectivity index (χ1v) is 9.26. The molecule has 0 bridgehead atoms. The molecule has 1 aromatic carbocycles. The molecular formula is C19H20N4O2S. The molecule has 0 saturated heterocycles. The van der Waals surface area contributed by atoms with Gasteiger partial charge in [-0.25, -0.2) is 0 Å². The van der Waals surface area contributed by atoms with E-state index in [2.05, 4.69) is 15.5 Å². The van der Waals surface area contributed by atoms with Crippen molar-refractivity contribution in [3.8, 4) is 5.75 Å². The highest BCUT2D eigenvalue weighted by molar-refractivity contribution is 7.21. The number of nitrogen functional groups attached to an aromatic ring is 1. The molecule has 2 aromatic heterocycles. The Labute approximate surface area is 155 Å². The van der Waals surface area contributed by atoms with E-state index in [1.54, 1.807) is 7.11 Å². The van der Waals surface area contributed by atoms with Crippen molar-refractivity contribution in [2.75, 3.05) is 12.8 Å². The second kappa shape index (κ2) is 5.95. The van der Waals surface area contributed by atoms with Gasteiger partial charge in [0.15, 0.2) is 0 Å². The third-order valence-electron chi connectivity index (χ3n) is 5.09. The molecule has 0 unspecified atom stereocenters. The SMILES string of the molecule is COc1ccc(C2(NC(=O)c3sc4nnc(C)c(C)c4c3N)CC2)cc1. The molecule has 0 aliphatic heterocycles. The van der Waals surface area contributed by atoms with Gasteiger partial charge in [-0.05, 0) is 49.9 Å². The van der Waals surface area contributed by atoms with Crippen molar-refractivity contribution in [1.29, 1.82) is 0 Å². The Morgan fingerprint density at radius 3 is 2.54 bits per heavy atom. The zero-order valence-corrected chi connectivity index (χ0v) is 15.7. The molecule has 0 spiro atoms. The van der Waals surface area contributed by atoms with Gasteiger partial charge in [-0.1, -0.05) is 12.1 Å². The van der Waals surface area contributed by atoms with Crippen molar-refractivity contribution in [3.05, 3.63) is 46.0 Å². The van der Waals surface area contributed by atoms with Gasteiger partial charge in [0.1, 0.15) is 15.5 Å². The smallest absolute Gasteiger partial charge is 0.264 e. The zero-order valence-electron chi connectivity index (χ0n) is 14.9. The summed E-state index contributed by atoms with van der Waals surface area (Å²) in [6.07, 6.45) is 1.82. The number of thiophene rings is 1. The number of carbonyl (C=O) groups excluding carboxylic acids is 1. The Hall–Kier alpha value is -2.67. The molecular weight excluding hydrogens is 348 g/mol. The summed E-state index contributed by atoms with van der Waals surface area (Å²) >= 11 is 1.29.